The van der Waals surface area contributed by atoms with Crippen LogP contribution in [0, 0.1) is 6.92 Å². The van der Waals surface area contributed by atoms with Crippen LogP contribution in [0.4, 0.5) is 5.69 Å². The maximum absolute atomic E-state index is 12.1. The molecule has 0 saturated heterocycles. The number of hydrogen-bond donors (Lipinski definition) is 4. The summed E-state index contributed by atoms with van der Waals surface area (Å²) in [5.74, 6) is 0.0431. The van der Waals surface area contributed by atoms with E-state index in [1.165, 1.54) is 6.20 Å². The van der Waals surface area contributed by atoms with Crippen molar-refractivity contribution in [3.63, 3.8) is 0 Å². The zero-order valence-corrected chi connectivity index (χ0v) is 11.3. The van der Waals surface area contributed by atoms with E-state index in [-0.39, 0.29) is 18.3 Å². The van der Waals surface area contributed by atoms with E-state index in [1.807, 2.05) is 0 Å². The van der Waals surface area contributed by atoms with Crippen LogP contribution in [0.1, 0.15) is 16.1 Å². The molecule has 0 unspecified atom stereocenters. The number of para-hydroxylation sites is 2. The molecule has 2 rings (SSSR count). The number of aryl methyl sites for hydroxylation is 1. The third kappa shape index (κ3) is 3.50. The number of H-pyrrole nitrogens is 1. The van der Waals surface area contributed by atoms with Gasteiger partial charge in [-0.2, -0.15) is 5.10 Å². The summed E-state index contributed by atoms with van der Waals surface area (Å²) >= 11 is 0. The summed E-state index contributed by atoms with van der Waals surface area (Å²) in [6.07, 6.45) is 1.45. The summed E-state index contributed by atoms with van der Waals surface area (Å²) in [7, 11) is 0. The molecule has 1 amide bonds. The minimum atomic E-state index is -0.305. The van der Waals surface area contributed by atoms with Crippen LogP contribution in [0.5, 0.6) is 5.75 Å². The van der Waals surface area contributed by atoms with Gasteiger partial charge < -0.3 is 21.0 Å². The van der Waals surface area contributed by atoms with Crippen molar-refractivity contribution < 1.29 is 14.7 Å². The average molecular weight is 289 g/mol. The number of aromatic amines is 1. The highest BCUT2D eigenvalue weighted by Crippen LogP contribution is 2.24. The van der Waals surface area contributed by atoms with Crippen molar-refractivity contribution in [3.8, 4) is 5.75 Å². The summed E-state index contributed by atoms with van der Waals surface area (Å²) < 4.78 is 5.38. The fourth-order valence-electron chi connectivity index (χ4n) is 1.65. The lowest BCUT2D eigenvalue weighted by Gasteiger charge is -2.11. The molecule has 8 heteroatoms. The van der Waals surface area contributed by atoms with Crippen LogP contribution in [0.2, 0.25) is 0 Å². The van der Waals surface area contributed by atoms with E-state index in [2.05, 4.69) is 20.7 Å². The van der Waals surface area contributed by atoms with E-state index in [4.69, 9.17) is 15.7 Å². The number of benzene rings is 1. The molecule has 1 aromatic heterocycles. The number of nitrogens with one attached hydrogen (secondary N) is 2. The highest BCUT2D eigenvalue weighted by Gasteiger charge is 2.13. The molecule has 0 saturated carbocycles. The number of rotatable bonds is 5. The molecule has 1 heterocycles. The maximum Gasteiger partial charge on any atom is 0.259 e. The molecule has 0 aliphatic heterocycles. The largest absolute Gasteiger partial charge is 0.483 e. The maximum atomic E-state index is 12.1. The van der Waals surface area contributed by atoms with Gasteiger partial charge in [-0.05, 0) is 19.1 Å². The molecule has 0 bridgehead atoms. The SMILES string of the molecule is Cc1[nH]ncc1C(=O)Nc1ccccc1OCC(N)=NO. The first-order valence-corrected chi connectivity index (χ1v) is 6.11. The second-order valence-corrected chi connectivity index (χ2v) is 4.24. The number of ether oxygens (including phenoxy) is 1. The Hall–Kier alpha value is -3.03. The van der Waals surface area contributed by atoms with Gasteiger partial charge in [-0.3, -0.25) is 9.89 Å². The Morgan fingerprint density at radius 1 is 1.52 bits per heavy atom. The van der Waals surface area contributed by atoms with Gasteiger partial charge in [0.2, 0.25) is 0 Å². The van der Waals surface area contributed by atoms with Crippen molar-refractivity contribution in [2.45, 2.75) is 6.92 Å². The summed E-state index contributed by atoms with van der Waals surface area (Å²) in [5, 5.41) is 20.5. The Morgan fingerprint density at radius 2 is 2.29 bits per heavy atom. The van der Waals surface area contributed by atoms with Gasteiger partial charge in [-0.25, -0.2) is 0 Å². The quantitative estimate of drug-likeness (QED) is 0.284. The topological polar surface area (TPSA) is 126 Å². The summed E-state index contributed by atoms with van der Waals surface area (Å²) in [6, 6.07) is 6.87. The van der Waals surface area contributed by atoms with Crippen molar-refractivity contribution >= 4 is 17.4 Å². The molecule has 2 aromatic rings. The number of amides is 1. The van der Waals surface area contributed by atoms with E-state index in [1.54, 1.807) is 31.2 Å². The van der Waals surface area contributed by atoms with Gasteiger partial charge >= 0.3 is 0 Å². The first kappa shape index (κ1) is 14.4. The van der Waals surface area contributed by atoms with E-state index in [0.29, 0.717) is 22.7 Å². The van der Waals surface area contributed by atoms with Crippen molar-refractivity contribution in [3.05, 3.63) is 41.7 Å². The lowest BCUT2D eigenvalue weighted by atomic mass is 10.2. The van der Waals surface area contributed by atoms with Crippen LogP contribution in [-0.2, 0) is 0 Å². The van der Waals surface area contributed by atoms with Crippen LogP contribution in [0.25, 0.3) is 0 Å². The monoisotopic (exact) mass is 289 g/mol. The molecule has 0 spiro atoms. The van der Waals surface area contributed by atoms with Crippen LogP contribution >= 0.6 is 0 Å². The van der Waals surface area contributed by atoms with E-state index in [0.717, 1.165) is 0 Å². The van der Waals surface area contributed by atoms with Gasteiger partial charge in [0.15, 0.2) is 5.84 Å². The lowest BCUT2D eigenvalue weighted by molar-refractivity contribution is 0.102. The van der Waals surface area contributed by atoms with Crippen molar-refractivity contribution in [2.75, 3.05) is 11.9 Å². The van der Waals surface area contributed by atoms with Crippen LogP contribution in [0.15, 0.2) is 35.6 Å². The number of carbonyl (C=O) groups is 1. The van der Waals surface area contributed by atoms with Gasteiger partial charge in [0.1, 0.15) is 12.4 Å². The number of anilines is 1. The molecule has 0 atom stereocenters. The smallest absolute Gasteiger partial charge is 0.259 e. The molecule has 0 fully saturated rings. The molecule has 0 radical (unpaired) electrons. The number of aromatic nitrogens is 2. The molecule has 0 aliphatic carbocycles. The van der Waals surface area contributed by atoms with Crippen LogP contribution in [0.3, 0.4) is 0 Å². The molecule has 0 aliphatic rings. The fourth-order valence-corrected chi connectivity index (χ4v) is 1.65. The zero-order chi connectivity index (χ0) is 15.2. The van der Waals surface area contributed by atoms with Gasteiger partial charge in [0, 0.05) is 5.69 Å². The Balaban J connectivity index is 2.13. The number of hydrogen-bond acceptors (Lipinski definition) is 5. The summed E-state index contributed by atoms with van der Waals surface area (Å²) in [6.45, 7) is 1.66. The molecule has 110 valence electrons. The van der Waals surface area contributed by atoms with Crippen molar-refractivity contribution in [1.29, 1.82) is 0 Å². The third-order valence-corrected chi connectivity index (χ3v) is 2.71. The van der Waals surface area contributed by atoms with Gasteiger partial charge in [-0.1, -0.05) is 17.3 Å². The predicted molar refractivity (Wildman–Crippen MR) is 76.6 cm³/mol. The lowest BCUT2D eigenvalue weighted by Crippen LogP contribution is -2.21. The highest BCUT2D eigenvalue weighted by atomic mass is 16.5. The number of carbonyl (C=O) groups excluding carboxylic acids is 1. The van der Waals surface area contributed by atoms with Crippen LogP contribution < -0.4 is 15.8 Å². The normalized spacial score (nSPS) is 11.2. The third-order valence-electron chi connectivity index (χ3n) is 2.71. The van der Waals surface area contributed by atoms with Gasteiger partial charge in [0.25, 0.3) is 5.91 Å². The summed E-state index contributed by atoms with van der Waals surface area (Å²) in [4.78, 5) is 12.1. The van der Waals surface area contributed by atoms with Crippen LogP contribution in [-0.4, -0.2) is 33.8 Å². The average Bonchev–Trinajstić information content (AvgIpc) is 2.92. The number of nitrogens with two attached hydrogens (primary N) is 1. The first-order chi connectivity index (χ1) is 10.1. The Morgan fingerprint density at radius 3 is 2.95 bits per heavy atom. The van der Waals surface area contributed by atoms with Crippen molar-refractivity contribution in [2.24, 2.45) is 10.9 Å². The fraction of sp³-hybridized carbons (Fsp3) is 0.154. The van der Waals surface area contributed by atoms with E-state index in [9.17, 15) is 4.79 Å². The second-order valence-electron chi connectivity index (χ2n) is 4.24. The van der Waals surface area contributed by atoms with E-state index >= 15 is 0 Å². The Labute approximate surface area is 120 Å². The second kappa shape index (κ2) is 6.42. The van der Waals surface area contributed by atoms with Gasteiger partial charge in [0.05, 0.1) is 17.4 Å². The first-order valence-electron chi connectivity index (χ1n) is 6.11. The van der Waals surface area contributed by atoms with E-state index < -0.39 is 0 Å². The molecular weight excluding hydrogens is 274 g/mol. The molecule has 8 nitrogen and oxygen atoms in total. The molecule has 1 aromatic carbocycles. The zero-order valence-electron chi connectivity index (χ0n) is 11.3. The Bertz CT molecular complexity index is 665. The molecule has 21 heavy (non-hydrogen) atoms. The molecular formula is C13H15N5O3. The number of amidine groups is 1. The Kier molecular flexibility index (Phi) is 4.39. The van der Waals surface area contributed by atoms with Gasteiger partial charge in [-0.15, -0.1) is 0 Å². The standard InChI is InChI=1S/C13H15N5O3/c1-8-9(6-15-17-8)13(19)16-10-4-2-3-5-11(10)21-7-12(14)18-20/h2-6,20H,7H2,1H3,(H2,14,18)(H,15,17)(H,16,19). The number of nitrogens with zero attached hydrogens (tertiary/aromatic N) is 2. The minimum Gasteiger partial charge on any atom is -0.483 e. The summed E-state index contributed by atoms with van der Waals surface area (Å²) in [5.41, 5.74) is 6.94. The predicted octanol–water partition coefficient (Wildman–Crippen LogP) is 1.10. The highest BCUT2D eigenvalue weighted by molar-refractivity contribution is 6.05. The van der Waals surface area contributed by atoms with Crippen molar-refractivity contribution in [1.82, 2.24) is 10.2 Å². The minimum absolute atomic E-state index is 0.0678. The molecule has 5 N–H and O–H groups in total. The number of oxime groups is 1.